The van der Waals surface area contributed by atoms with Crippen LogP contribution >= 0.6 is 12.6 Å². The Bertz CT molecular complexity index is 515. The molecule has 0 fully saturated rings. The van der Waals surface area contributed by atoms with E-state index < -0.39 is 9.84 Å². The second-order valence-electron chi connectivity index (χ2n) is 2.99. The maximum Gasteiger partial charge on any atom is 0.204 e. The van der Waals surface area contributed by atoms with Crippen molar-refractivity contribution in [1.82, 2.24) is 0 Å². The highest BCUT2D eigenvalue weighted by Gasteiger charge is 2.28. The maximum absolute atomic E-state index is 11.7. The Morgan fingerprint density at radius 2 is 2.07 bits per heavy atom. The van der Waals surface area contributed by atoms with Gasteiger partial charge in [-0.05, 0) is 29.8 Å². The van der Waals surface area contributed by atoms with Gasteiger partial charge in [-0.1, -0.05) is 0 Å². The molecule has 1 aromatic carbocycles. The lowest BCUT2D eigenvalue weighted by Gasteiger charge is -2.00. The van der Waals surface area contributed by atoms with E-state index in [0.29, 0.717) is 5.56 Å². The van der Waals surface area contributed by atoms with Crippen LogP contribution in [0.5, 0.6) is 5.75 Å². The van der Waals surface area contributed by atoms with Crippen LogP contribution in [0.2, 0.25) is 0 Å². The van der Waals surface area contributed by atoms with Gasteiger partial charge in [0.15, 0.2) is 0 Å². The summed E-state index contributed by atoms with van der Waals surface area (Å²) in [6.07, 6.45) is 1.58. The summed E-state index contributed by atoms with van der Waals surface area (Å²) in [4.78, 5) is 0.447. The maximum atomic E-state index is 11.7. The number of phenols is 1. The first kappa shape index (κ1) is 9.61. The minimum Gasteiger partial charge on any atom is -0.508 e. The molecule has 0 saturated heterocycles. The largest absolute Gasteiger partial charge is 0.508 e. The van der Waals surface area contributed by atoms with Crippen molar-refractivity contribution < 1.29 is 13.5 Å². The van der Waals surface area contributed by atoms with Gasteiger partial charge in [0.1, 0.15) is 5.75 Å². The van der Waals surface area contributed by atoms with Crippen molar-refractivity contribution in [2.75, 3.05) is 5.75 Å². The van der Waals surface area contributed by atoms with E-state index in [4.69, 9.17) is 0 Å². The van der Waals surface area contributed by atoms with Crippen LogP contribution in [-0.2, 0) is 9.84 Å². The molecule has 0 aliphatic carbocycles. The van der Waals surface area contributed by atoms with E-state index >= 15 is 0 Å². The van der Waals surface area contributed by atoms with Crippen molar-refractivity contribution in [2.45, 2.75) is 4.90 Å². The number of sulfone groups is 1. The van der Waals surface area contributed by atoms with Crippen molar-refractivity contribution >= 4 is 28.5 Å². The minimum atomic E-state index is -3.39. The van der Waals surface area contributed by atoms with Crippen molar-refractivity contribution in [3.05, 3.63) is 28.7 Å². The number of thiol groups is 1. The van der Waals surface area contributed by atoms with E-state index in [0.717, 1.165) is 0 Å². The summed E-state index contributed by atoms with van der Waals surface area (Å²) in [7, 11) is -3.39. The normalized spacial score (nSPS) is 17.6. The first-order valence-electron chi connectivity index (χ1n) is 3.95. The number of aromatic hydroxyl groups is 1. The molecule has 1 aliphatic rings. The number of hydrogen-bond acceptors (Lipinski definition) is 4. The van der Waals surface area contributed by atoms with Crippen LogP contribution in [0, 0.1) is 0 Å². The van der Waals surface area contributed by atoms with Crippen LogP contribution in [0.3, 0.4) is 0 Å². The molecule has 0 unspecified atom stereocenters. The molecular weight excluding hydrogens is 220 g/mol. The van der Waals surface area contributed by atoms with E-state index in [1.165, 1.54) is 12.1 Å². The van der Waals surface area contributed by atoms with E-state index in [1.54, 1.807) is 12.1 Å². The molecule has 1 aromatic rings. The summed E-state index contributed by atoms with van der Waals surface area (Å²) < 4.78 is 23.5. The second kappa shape index (κ2) is 3.03. The SMILES string of the molecule is O=S1(=O)C(CS)=Cc2ccc(O)cc21. The number of benzene rings is 1. The Hall–Kier alpha value is -0.940. The Kier molecular flexibility index (Phi) is 2.08. The topological polar surface area (TPSA) is 54.4 Å². The van der Waals surface area contributed by atoms with Crippen LogP contribution in [0.25, 0.3) is 6.08 Å². The van der Waals surface area contributed by atoms with Gasteiger partial charge < -0.3 is 5.11 Å². The lowest BCUT2D eigenvalue weighted by molar-refractivity contribution is 0.473. The summed E-state index contributed by atoms with van der Waals surface area (Å²) in [6.45, 7) is 0. The molecule has 1 heterocycles. The van der Waals surface area contributed by atoms with Gasteiger partial charge in [-0.3, -0.25) is 0 Å². The molecule has 5 heteroatoms. The second-order valence-corrected chi connectivity index (χ2v) is 5.28. The van der Waals surface area contributed by atoms with E-state index in [2.05, 4.69) is 12.6 Å². The lowest BCUT2D eigenvalue weighted by Crippen LogP contribution is -2.01. The summed E-state index contributed by atoms with van der Waals surface area (Å²) in [5.74, 6) is 0.138. The number of phenolic OH excluding ortho intramolecular Hbond substituents is 1. The van der Waals surface area contributed by atoms with Gasteiger partial charge in [0.05, 0.1) is 9.80 Å². The standard InChI is InChI=1S/C9H8O3S2/c10-7-2-1-6-3-8(5-13)14(11,12)9(6)4-7/h1-4,10,13H,5H2. The zero-order valence-corrected chi connectivity index (χ0v) is 8.85. The molecule has 0 bridgehead atoms. The van der Waals surface area contributed by atoms with Gasteiger partial charge in [0, 0.05) is 5.75 Å². The van der Waals surface area contributed by atoms with Crippen molar-refractivity contribution in [2.24, 2.45) is 0 Å². The Morgan fingerprint density at radius 1 is 1.36 bits per heavy atom. The molecule has 0 aromatic heterocycles. The molecule has 0 spiro atoms. The van der Waals surface area contributed by atoms with Crippen LogP contribution < -0.4 is 0 Å². The zero-order valence-electron chi connectivity index (χ0n) is 7.14. The van der Waals surface area contributed by atoms with Crippen LogP contribution in [0.15, 0.2) is 28.0 Å². The van der Waals surface area contributed by atoms with Crippen molar-refractivity contribution in [1.29, 1.82) is 0 Å². The van der Waals surface area contributed by atoms with E-state index in [-0.39, 0.29) is 21.3 Å². The minimum absolute atomic E-state index is 0.0406. The summed E-state index contributed by atoms with van der Waals surface area (Å²) in [6, 6.07) is 4.31. The Labute approximate surface area is 87.4 Å². The highest BCUT2D eigenvalue weighted by atomic mass is 32.2. The lowest BCUT2D eigenvalue weighted by atomic mass is 10.2. The number of hydrogen-bond donors (Lipinski definition) is 2. The van der Waals surface area contributed by atoms with Gasteiger partial charge >= 0.3 is 0 Å². The number of fused-ring (bicyclic) bond motifs is 1. The first-order chi connectivity index (χ1) is 6.55. The van der Waals surface area contributed by atoms with E-state index in [1.807, 2.05) is 0 Å². The summed E-state index contributed by atoms with van der Waals surface area (Å²) in [5, 5.41) is 9.18. The predicted molar refractivity (Wildman–Crippen MR) is 57.1 cm³/mol. The van der Waals surface area contributed by atoms with Crippen LogP contribution in [0.4, 0.5) is 0 Å². The quantitative estimate of drug-likeness (QED) is 0.715. The van der Waals surface area contributed by atoms with Crippen molar-refractivity contribution in [3.8, 4) is 5.75 Å². The number of rotatable bonds is 1. The van der Waals surface area contributed by atoms with Gasteiger partial charge in [-0.15, -0.1) is 0 Å². The Balaban J connectivity index is 2.71. The van der Waals surface area contributed by atoms with Gasteiger partial charge in [-0.25, -0.2) is 8.42 Å². The molecule has 2 rings (SSSR count). The molecule has 0 amide bonds. The zero-order chi connectivity index (χ0) is 10.3. The fourth-order valence-corrected chi connectivity index (χ4v) is 3.45. The van der Waals surface area contributed by atoms with Gasteiger partial charge in [0.2, 0.25) is 9.84 Å². The average Bonchev–Trinajstić information content (AvgIpc) is 2.38. The highest BCUT2D eigenvalue weighted by molar-refractivity contribution is 7.97. The molecule has 0 atom stereocenters. The monoisotopic (exact) mass is 228 g/mol. The third-order valence-corrected chi connectivity index (χ3v) is 4.54. The molecule has 74 valence electrons. The van der Waals surface area contributed by atoms with Crippen LogP contribution in [-0.4, -0.2) is 19.3 Å². The fourth-order valence-electron chi connectivity index (χ4n) is 1.40. The van der Waals surface area contributed by atoms with Gasteiger partial charge in [-0.2, -0.15) is 12.6 Å². The summed E-state index contributed by atoms with van der Waals surface area (Å²) >= 11 is 3.95. The third-order valence-electron chi connectivity index (χ3n) is 2.10. The van der Waals surface area contributed by atoms with Gasteiger partial charge in [0.25, 0.3) is 0 Å². The molecule has 1 N–H and O–H groups in total. The molecule has 3 nitrogen and oxygen atoms in total. The molecular formula is C9H8O3S2. The highest BCUT2D eigenvalue weighted by Crippen LogP contribution is 2.34. The molecule has 1 aliphatic heterocycles. The Morgan fingerprint density at radius 3 is 2.71 bits per heavy atom. The fraction of sp³-hybridized carbons (Fsp3) is 0.111. The first-order valence-corrected chi connectivity index (χ1v) is 6.07. The third kappa shape index (κ3) is 1.24. The van der Waals surface area contributed by atoms with Crippen LogP contribution in [0.1, 0.15) is 5.56 Å². The van der Waals surface area contributed by atoms with E-state index in [9.17, 15) is 13.5 Å². The smallest absolute Gasteiger partial charge is 0.204 e. The molecule has 0 saturated carbocycles. The molecule has 14 heavy (non-hydrogen) atoms. The van der Waals surface area contributed by atoms with Crippen molar-refractivity contribution in [3.63, 3.8) is 0 Å². The average molecular weight is 228 g/mol. The summed E-state index contributed by atoms with van der Waals surface area (Å²) in [5.41, 5.74) is 0.617. The molecule has 0 radical (unpaired) electrons. The predicted octanol–water partition coefficient (Wildman–Crippen LogP) is 1.45.